The smallest absolute Gasteiger partial charge is 0.208 e. The van der Waals surface area contributed by atoms with Crippen molar-refractivity contribution in [1.29, 1.82) is 0 Å². The summed E-state index contributed by atoms with van der Waals surface area (Å²) < 4.78 is 0. The largest absolute Gasteiger partial charge is 0.235 e. The molecule has 3 fully saturated rings. The number of nitro groups is 4. The van der Waals surface area contributed by atoms with Gasteiger partial charge in [-0.2, -0.15) is 0 Å². The second-order valence-electron chi connectivity index (χ2n) is 4.95. The number of rotatable bonds is 4. The van der Waals surface area contributed by atoms with Gasteiger partial charge in [0.05, 0.1) is 0 Å². The summed E-state index contributed by atoms with van der Waals surface area (Å²) in [6, 6.07) is -4.66. The number of nitrogens with zero attached hydrogens (tertiary/aromatic N) is 8. The molecule has 120 valence electrons. The van der Waals surface area contributed by atoms with Gasteiger partial charge in [0, 0.05) is 0 Å². The molecule has 22 heavy (non-hydrogen) atoms. The van der Waals surface area contributed by atoms with Crippen molar-refractivity contribution in [3.05, 3.63) is 40.5 Å². The van der Waals surface area contributed by atoms with E-state index < -0.39 is 57.6 Å². The van der Waals surface area contributed by atoms with Gasteiger partial charge >= 0.3 is 0 Å². The van der Waals surface area contributed by atoms with Crippen molar-refractivity contribution >= 4 is 0 Å². The van der Waals surface area contributed by atoms with Gasteiger partial charge in [0.1, 0.15) is 24.2 Å². The van der Waals surface area contributed by atoms with Crippen LogP contribution in [0.1, 0.15) is 0 Å². The lowest BCUT2D eigenvalue weighted by atomic mass is 9.76. The van der Waals surface area contributed by atoms with Crippen LogP contribution in [-0.2, 0) is 0 Å². The fraction of sp³-hybridized carbons (Fsp3) is 1.00. The summed E-state index contributed by atoms with van der Waals surface area (Å²) in [4.78, 5) is 43.9. The van der Waals surface area contributed by atoms with Crippen molar-refractivity contribution in [3.63, 3.8) is 0 Å². The Morgan fingerprint density at radius 1 is 0.545 bits per heavy atom. The summed E-state index contributed by atoms with van der Waals surface area (Å²) in [7, 11) is 0. The maximum absolute atomic E-state index is 11.0. The average molecular weight is 320 g/mol. The van der Waals surface area contributed by atoms with Gasteiger partial charge in [-0.3, -0.25) is 0 Å². The first-order valence-electron chi connectivity index (χ1n) is 5.89. The minimum Gasteiger partial charge on any atom is -0.235 e. The zero-order valence-corrected chi connectivity index (χ0v) is 10.6. The first kappa shape index (κ1) is 13.8. The molecule has 2 heterocycles. The summed E-state index contributed by atoms with van der Waals surface area (Å²) in [5, 5.41) is 42.4. The molecule has 2 aliphatic heterocycles. The molecule has 0 aromatic carbocycles. The van der Waals surface area contributed by atoms with E-state index in [1.807, 2.05) is 0 Å². The van der Waals surface area contributed by atoms with Crippen molar-refractivity contribution in [1.82, 2.24) is 20.0 Å². The van der Waals surface area contributed by atoms with Crippen molar-refractivity contribution in [2.24, 2.45) is 0 Å². The van der Waals surface area contributed by atoms with Crippen molar-refractivity contribution in [2.45, 2.75) is 24.2 Å². The lowest BCUT2D eigenvalue weighted by molar-refractivity contribution is -0.704. The van der Waals surface area contributed by atoms with Gasteiger partial charge in [0.25, 0.3) is 0 Å². The highest BCUT2D eigenvalue weighted by Gasteiger charge is 2.78. The fourth-order valence-electron chi connectivity index (χ4n) is 3.39. The summed E-state index contributed by atoms with van der Waals surface area (Å²) >= 11 is 0. The molecule has 2 saturated heterocycles. The van der Waals surface area contributed by atoms with Gasteiger partial charge in [-0.25, -0.2) is 40.5 Å². The van der Waals surface area contributed by atoms with Crippen LogP contribution in [0.5, 0.6) is 0 Å². The van der Waals surface area contributed by atoms with Crippen LogP contribution in [0.3, 0.4) is 0 Å². The molecule has 0 radical (unpaired) electrons. The van der Waals surface area contributed by atoms with E-state index in [-0.39, 0.29) is 0 Å². The van der Waals surface area contributed by atoms with Crippen LogP contribution >= 0.6 is 0 Å². The maximum atomic E-state index is 11.0. The zero-order chi connectivity index (χ0) is 16.3. The van der Waals surface area contributed by atoms with E-state index in [4.69, 9.17) is 0 Å². The van der Waals surface area contributed by atoms with E-state index in [9.17, 15) is 40.5 Å². The molecule has 16 nitrogen and oxygen atoms in total. The van der Waals surface area contributed by atoms with E-state index in [0.717, 1.165) is 0 Å². The average Bonchev–Trinajstić information content (AvgIpc) is 2.87. The minimum atomic E-state index is -1.17. The van der Waals surface area contributed by atoms with Gasteiger partial charge in [-0.05, 0) is 0 Å². The molecule has 0 aromatic rings. The van der Waals surface area contributed by atoms with Crippen molar-refractivity contribution in [2.75, 3.05) is 13.3 Å². The van der Waals surface area contributed by atoms with E-state index in [1.54, 1.807) is 0 Å². The fourth-order valence-corrected chi connectivity index (χ4v) is 3.39. The molecular formula is C6H8N8O8. The van der Waals surface area contributed by atoms with Crippen LogP contribution in [-0.4, -0.2) is 77.7 Å². The number of hydrogen-bond acceptors (Lipinski definition) is 8. The Kier molecular flexibility index (Phi) is 2.60. The summed E-state index contributed by atoms with van der Waals surface area (Å²) in [5.74, 6) is 0. The predicted octanol–water partition coefficient (Wildman–Crippen LogP) is -2.61. The molecule has 1 saturated carbocycles. The Balaban J connectivity index is 1.99. The van der Waals surface area contributed by atoms with Gasteiger partial charge < -0.3 is 0 Å². The van der Waals surface area contributed by atoms with E-state index in [0.29, 0.717) is 20.0 Å². The Labute approximate surface area is 119 Å². The Bertz CT molecular complexity index is 477. The van der Waals surface area contributed by atoms with Crippen LogP contribution < -0.4 is 0 Å². The zero-order valence-electron chi connectivity index (χ0n) is 10.6. The quantitative estimate of drug-likeness (QED) is 0.388. The van der Waals surface area contributed by atoms with Gasteiger partial charge in [-0.15, -0.1) is 0 Å². The maximum Gasteiger partial charge on any atom is 0.208 e. The first-order valence-corrected chi connectivity index (χ1v) is 5.89. The predicted molar refractivity (Wildman–Crippen MR) is 60.2 cm³/mol. The van der Waals surface area contributed by atoms with Gasteiger partial charge in [0.2, 0.25) is 13.3 Å². The molecule has 3 aliphatic rings. The molecule has 0 atom stereocenters. The normalized spacial score (nSPS) is 32.4. The third-order valence-electron chi connectivity index (χ3n) is 4.19. The monoisotopic (exact) mass is 320 g/mol. The van der Waals surface area contributed by atoms with E-state index >= 15 is 0 Å². The van der Waals surface area contributed by atoms with Crippen LogP contribution in [0, 0.1) is 40.5 Å². The lowest BCUT2D eigenvalue weighted by Crippen LogP contribution is -2.74. The highest BCUT2D eigenvalue weighted by Crippen LogP contribution is 2.45. The Morgan fingerprint density at radius 2 is 0.727 bits per heavy atom. The molecule has 0 spiro atoms. The van der Waals surface area contributed by atoms with Crippen LogP contribution in [0.15, 0.2) is 0 Å². The molecule has 0 unspecified atom stereocenters. The van der Waals surface area contributed by atoms with Gasteiger partial charge in [-0.1, -0.05) is 20.0 Å². The standard InChI is InChI=1S/C6H8N8O8/c15-11(16)7-1-8(12(17)18)4-3(7)5-6(4)10(14(21)22)2-9(5)13(19)20/h3-6H,1-2H2. The number of fused-ring (bicyclic) bond motifs is 4. The topological polar surface area (TPSA) is 186 Å². The second kappa shape index (κ2) is 4.15. The molecule has 16 heteroatoms. The number of hydrogen-bond donors (Lipinski definition) is 0. The SMILES string of the molecule is O=[N+]([O-])N1CN([N+](=O)[O-])C2C1C1C2N([N+](=O)[O-])CN1[N+](=O)[O-]. The van der Waals surface area contributed by atoms with Crippen LogP contribution in [0.25, 0.3) is 0 Å². The molecule has 0 bridgehead atoms. The van der Waals surface area contributed by atoms with Crippen LogP contribution in [0.2, 0.25) is 0 Å². The van der Waals surface area contributed by atoms with Crippen molar-refractivity contribution in [3.8, 4) is 0 Å². The Hall–Kier alpha value is -3.20. The third-order valence-corrected chi connectivity index (χ3v) is 4.19. The highest BCUT2D eigenvalue weighted by atomic mass is 16.7. The molecule has 0 N–H and O–H groups in total. The second-order valence-corrected chi connectivity index (χ2v) is 4.95. The third kappa shape index (κ3) is 1.50. The van der Waals surface area contributed by atoms with Crippen molar-refractivity contribution < 1.29 is 20.1 Å². The van der Waals surface area contributed by atoms with Crippen LogP contribution in [0.4, 0.5) is 0 Å². The number of hydrazine groups is 4. The molecule has 1 aliphatic carbocycles. The molecule has 3 rings (SSSR count). The molecule has 0 amide bonds. The highest BCUT2D eigenvalue weighted by molar-refractivity contribution is 5.18. The minimum absolute atomic E-state index is 0.509. The van der Waals surface area contributed by atoms with E-state index in [2.05, 4.69) is 0 Å². The van der Waals surface area contributed by atoms with E-state index in [1.165, 1.54) is 0 Å². The van der Waals surface area contributed by atoms with Gasteiger partial charge in [0.15, 0.2) is 20.1 Å². The first-order chi connectivity index (χ1) is 10.3. The molecule has 0 aromatic heterocycles. The molecular weight excluding hydrogens is 312 g/mol. The summed E-state index contributed by atoms with van der Waals surface area (Å²) in [6.07, 6.45) is 0. The summed E-state index contributed by atoms with van der Waals surface area (Å²) in [6.45, 7) is -1.39. The Morgan fingerprint density at radius 3 is 0.864 bits per heavy atom. The lowest BCUT2D eigenvalue weighted by Gasteiger charge is -2.41. The summed E-state index contributed by atoms with van der Waals surface area (Å²) in [5.41, 5.74) is 0.